The molecule has 0 fully saturated rings. The second-order valence-corrected chi connectivity index (χ2v) is 6.19. The highest BCUT2D eigenvalue weighted by Gasteiger charge is 2.22. The van der Waals surface area contributed by atoms with E-state index < -0.39 is 5.60 Å². The number of halogens is 2. The molecule has 0 amide bonds. The molecule has 1 rings (SSSR count). The van der Waals surface area contributed by atoms with Gasteiger partial charge in [-0.3, -0.25) is 0 Å². The van der Waals surface area contributed by atoms with Crippen LogP contribution < -0.4 is 5.32 Å². The van der Waals surface area contributed by atoms with Crippen LogP contribution in [0.15, 0.2) is 18.2 Å². The fraction of sp³-hybridized carbons (Fsp3) is 0.600. The van der Waals surface area contributed by atoms with Gasteiger partial charge in [-0.05, 0) is 50.0 Å². The third-order valence-corrected chi connectivity index (χ3v) is 3.21. The van der Waals surface area contributed by atoms with Gasteiger partial charge in [0.1, 0.15) is 5.82 Å². The fourth-order valence-corrected chi connectivity index (χ4v) is 2.07. The van der Waals surface area contributed by atoms with Crippen molar-refractivity contribution >= 4 is 11.6 Å². The number of nitrogens with one attached hydrogen (secondary N) is 1. The third-order valence-electron chi connectivity index (χ3n) is 2.98. The molecule has 0 spiro atoms. The quantitative estimate of drug-likeness (QED) is 0.753. The van der Waals surface area contributed by atoms with E-state index in [1.807, 2.05) is 0 Å². The molecule has 1 aromatic carbocycles. The molecule has 19 heavy (non-hydrogen) atoms. The lowest BCUT2D eigenvalue weighted by atomic mass is 9.93. The van der Waals surface area contributed by atoms with Crippen LogP contribution in [-0.2, 0) is 6.42 Å². The normalized spacial score (nSPS) is 14.7. The first-order valence-electron chi connectivity index (χ1n) is 6.67. The Balaban J connectivity index is 2.49. The highest BCUT2D eigenvalue weighted by atomic mass is 35.5. The molecule has 0 aliphatic rings. The molecule has 0 saturated heterocycles. The minimum Gasteiger partial charge on any atom is -0.390 e. The maximum absolute atomic E-state index is 13.7. The predicted octanol–water partition coefficient (Wildman–Crippen LogP) is 3.41. The van der Waals surface area contributed by atoms with Gasteiger partial charge in [-0.2, -0.15) is 0 Å². The zero-order valence-corrected chi connectivity index (χ0v) is 12.6. The topological polar surface area (TPSA) is 32.3 Å². The van der Waals surface area contributed by atoms with Crippen molar-refractivity contribution in [1.29, 1.82) is 0 Å². The average molecular weight is 288 g/mol. The third kappa shape index (κ3) is 6.37. The van der Waals surface area contributed by atoms with Crippen molar-refractivity contribution in [3.63, 3.8) is 0 Å². The molecule has 1 aromatic rings. The molecule has 0 heterocycles. The van der Waals surface area contributed by atoms with Crippen LogP contribution >= 0.6 is 11.6 Å². The van der Waals surface area contributed by atoms with Gasteiger partial charge in [-0.1, -0.05) is 31.5 Å². The number of aliphatic hydroxyl groups is 1. The van der Waals surface area contributed by atoms with Gasteiger partial charge < -0.3 is 10.4 Å². The number of rotatable bonds is 7. The smallest absolute Gasteiger partial charge is 0.127 e. The van der Waals surface area contributed by atoms with E-state index in [0.717, 1.165) is 13.1 Å². The molecule has 0 aromatic heterocycles. The second-order valence-electron chi connectivity index (χ2n) is 5.76. The summed E-state index contributed by atoms with van der Waals surface area (Å²) >= 11 is 5.71. The fourth-order valence-electron chi connectivity index (χ4n) is 1.91. The Bertz CT molecular complexity index is 407. The summed E-state index contributed by atoms with van der Waals surface area (Å²) in [5.74, 6) is 0.224. The van der Waals surface area contributed by atoms with Crippen LogP contribution in [0.1, 0.15) is 32.8 Å². The van der Waals surface area contributed by atoms with E-state index in [0.29, 0.717) is 29.3 Å². The van der Waals surface area contributed by atoms with Crippen LogP contribution in [0.3, 0.4) is 0 Å². The van der Waals surface area contributed by atoms with Crippen LogP contribution in [0.5, 0.6) is 0 Å². The van der Waals surface area contributed by atoms with Crippen molar-refractivity contribution in [2.45, 2.75) is 39.2 Å². The summed E-state index contributed by atoms with van der Waals surface area (Å²) in [5, 5.41) is 13.9. The molecule has 0 aliphatic carbocycles. The van der Waals surface area contributed by atoms with Crippen LogP contribution in [0, 0.1) is 11.7 Å². The van der Waals surface area contributed by atoms with Gasteiger partial charge in [-0.15, -0.1) is 0 Å². The average Bonchev–Trinajstić information content (AvgIpc) is 2.28. The summed E-state index contributed by atoms with van der Waals surface area (Å²) in [6.45, 7) is 7.65. The molecule has 1 unspecified atom stereocenters. The summed E-state index contributed by atoms with van der Waals surface area (Å²) in [7, 11) is 0. The van der Waals surface area contributed by atoms with Gasteiger partial charge >= 0.3 is 0 Å². The van der Waals surface area contributed by atoms with Crippen LogP contribution in [0.4, 0.5) is 4.39 Å². The van der Waals surface area contributed by atoms with Gasteiger partial charge in [0.05, 0.1) is 5.60 Å². The Morgan fingerprint density at radius 3 is 2.68 bits per heavy atom. The van der Waals surface area contributed by atoms with Crippen molar-refractivity contribution < 1.29 is 9.50 Å². The number of hydrogen-bond donors (Lipinski definition) is 2. The summed E-state index contributed by atoms with van der Waals surface area (Å²) < 4.78 is 13.7. The van der Waals surface area contributed by atoms with E-state index in [9.17, 15) is 9.50 Å². The molecular formula is C15H23ClFNO. The lowest BCUT2D eigenvalue weighted by molar-refractivity contribution is 0.0505. The molecular weight excluding hydrogens is 265 g/mol. The molecule has 1 atom stereocenters. The maximum Gasteiger partial charge on any atom is 0.127 e. The van der Waals surface area contributed by atoms with Gasteiger partial charge in [0.25, 0.3) is 0 Å². The van der Waals surface area contributed by atoms with E-state index >= 15 is 0 Å². The van der Waals surface area contributed by atoms with E-state index in [4.69, 9.17) is 11.6 Å². The molecule has 0 bridgehead atoms. The number of hydrogen-bond acceptors (Lipinski definition) is 2. The Morgan fingerprint density at radius 2 is 2.11 bits per heavy atom. The molecule has 0 aliphatic heterocycles. The summed E-state index contributed by atoms with van der Waals surface area (Å²) in [6, 6.07) is 4.56. The van der Waals surface area contributed by atoms with Crippen molar-refractivity contribution in [1.82, 2.24) is 5.32 Å². The Hall–Kier alpha value is -0.640. The summed E-state index contributed by atoms with van der Waals surface area (Å²) in [5.41, 5.74) is -0.420. The van der Waals surface area contributed by atoms with E-state index in [-0.39, 0.29) is 5.82 Å². The molecule has 2 nitrogen and oxygen atoms in total. The van der Waals surface area contributed by atoms with Crippen LogP contribution in [0.25, 0.3) is 0 Å². The van der Waals surface area contributed by atoms with Gasteiger partial charge in [-0.25, -0.2) is 4.39 Å². The van der Waals surface area contributed by atoms with E-state index in [1.54, 1.807) is 19.1 Å². The summed E-state index contributed by atoms with van der Waals surface area (Å²) in [4.78, 5) is 0. The first kappa shape index (κ1) is 16.4. The molecule has 2 N–H and O–H groups in total. The Kier molecular flexibility index (Phi) is 6.24. The lowest BCUT2D eigenvalue weighted by Gasteiger charge is -2.24. The summed E-state index contributed by atoms with van der Waals surface area (Å²) in [6.07, 6.45) is 0.876. The minimum atomic E-state index is -0.918. The molecule has 0 saturated carbocycles. The Morgan fingerprint density at radius 1 is 1.42 bits per heavy atom. The van der Waals surface area contributed by atoms with Gasteiger partial charge in [0, 0.05) is 11.4 Å². The van der Waals surface area contributed by atoms with E-state index in [1.165, 1.54) is 6.07 Å². The first-order valence-corrected chi connectivity index (χ1v) is 7.05. The molecule has 108 valence electrons. The van der Waals surface area contributed by atoms with Crippen molar-refractivity contribution in [3.05, 3.63) is 34.6 Å². The SMILES string of the molecule is CC(C)CNCCC(C)(O)Cc1ccc(Cl)cc1F. The van der Waals surface area contributed by atoms with Crippen molar-refractivity contribution in [3.8, 4) is 0 Å². The minimum absolute atomic E-state index is 0.291. The van der Waals surface area contributed by atoms with Crippen LogP contribution in [-0.4, -0.2) is 23.8 Å². The Labute approximate surface area is 120 Å². The molecule has 4 heteroatoms. The van der Waals surface area contributed by atoms with Crippen molar-refractivity contribution in [2.24, 2.45) is 5.92 Å². The zero-order valence-electron chi connectivity index (χ0n) is 11.8. The first-order chi connectivity index (χ1) is 8.80. The van der Waals surface area contributed by atoms with Crippen molar-refractivity contribution in [2.75, 3.05) is 13.1 Å². The standard InChI is InChI=1S/C15H23ClFNO/c1-11(2)10-18-7-6-15(3,19)9-12-4-5-13(16)8-14(12)17/h4-5,8,11,18-19H,6-7,9-10H2,1-3H3. The van der Waals surface area contributed by atoms with E-state index in [2.05, 4.69) is 19.2 Å². The predicted molar refractivity (Wildman–Crippen MR) is 78.1 cm³/mol. The second kappa shape index (κ2) is 7.22. The van der Waals surface area contributed by atoms with Crippen LogP contribution in [0.2, 0.25) is 5.02 Å². The van der Waals surface area contributed by atoms with Gasteiger partial charge in [0.15, 0.2) is 0 Å². The maximum atomic E-state index is 13.7. The number of benzene rings is 1. The zero-order chi connectivity index (χ0) is 14.5. The highest BCUT2D eigenvalue weighted by molar-refractivity contribution is 6.30. The lowest BCUT2D eigenvalue weighted by Crippen LogP contribution is -2.33. The monoisotopic (exact) mass is 287 g/mol. The molecule has 0 radical (unpaired) electrons. The highest BCUT2D eigenvalue weighted by Crippen LogP contribution is 2.21. The van der Waals surface area contributed by atoms with Gasteiger partial charge in [0.2, 0.25) is 0 Å². The largest absolute Gasteiger partial charge is 0.390 e.